The second-order valence-corrected chi connectivity index (χ2v) is 7.55. The molecule has 0 amide bonds. The standard InChI is InChI=1S/C7H21N3P.BrH/c1-8(2)11(7,9(3)4)10(5)6;/h1-7H3;1H/q+1;/p-1. The maximum atomic E-state index is 2.30. The average Bonchev–Trinajstić information content (AvgIpc) is 1.84. The summed E-state index contributed by atoms with van der Waals surface area (Å²) in [4.78, 5) is 0. The third-order valence-electron chi connectivity index (χ3n) is 2.27. The van der Waals surface area contributed by atoms with Crippen LogP contribution in [0.2, 0.25) is 0 Å². The summed E-state index contributed by atoms with van der Waals surface area (Å²) in [5.41, 5.74) is 0. The third kappa shape index (κ3) is 2.93. The summed E-state index contributed by atoms with van der Waals surface area (Å²) >= 11 is 0. The largest absolute Gasteiger partial charge is 1.00 e. The van der Waals surface area contributed by atoms with Crippen molar-refractivity contribution >= 4 is 7.71 Å². The fourth-order valence-electron chi connectivity index (χ4n) is 1.07. The van der Waals surface area contributed by atoms with Crippen molar-refractivity contribution in [3.8, 4) is 0 Å². The molecule has 0 heterocycles. The molecular weight excluding hydrogens is 237 g/mol. The van der Waals surface area contributed by atoms with Gasteiger partial charge in [0.15, 0.2) is 0 Å². The first kappa shape index (κ1) is 15.3. The Kier molecular flexibility index (Phi) is 7.01. The molecule has 0 unspecified atom stereocenters. The Balaban J connectivity index is 0. The van der Waals surface area contributed by atoms with Crippen molar-refractivity contribution in [2.45, 2.75) is 0 Å². The van der Waals surface area contributed by atoms with Gasteiger partial charge in [-0.15, -0.1) is 0 Å². The zero-order chi connectivity index (χ0) is 9.23. The van der Waals surface area contributed by atoms with E-state index in [2.05, 4.69) is 63.0 Å². The zero-order valence-corrected chi connectivity index (χ0v) is 11.6. The molecule has 0 aliphatic carbocycles. The number of nitrogens with zero attached hydrogens (tertiary/aromatic N) is 3. The van der Waals surface area contributed by atoms with Crippen LogP contribution in [0.15, 0.2) is 0 Å². The Labute approximate surface area is 88.0 Å². The molecule has 0 N–H and O–H groups in total. The molecule has 0 saturated carbocycles. The molecule has 5 heteroatoms. The molecule has 0 fully saturated rings. The predicted octanol–water partition coefficient (Wildman–Crippen LogP) is -1.93. The van der Waals surface area contributed by atoms with Crippen molar-refractivity contribution in [3.63, 3.8) is 0 Å². The molecule has 12 heavy (non-hydrogen) atoms. The van der Waals surface area contributed by atoms with E-state index in [4.69, 9.17) is 0 Å². The maximum absolute atomic E-state index is 2.30. The van der Waals surface area contributed by atoms with Crippen LogP contribution in [0.4, 0.5) is 0 Å². The summed E-state index contributed by atoms with van der Waals surface area (Å²) in [6, 6.07) is 0. The fraction of sp³-hybridized carbons (Fsp3) is 1.00. The molecule has 0 bridgehead atoms. The summed E-state index contributed by atoms with van der Waals surface area (Å²) in [5.74, 6) is 0. The monoisotopic (exact) mass is 257 g/mol. The molecule has 76 valence electrons. The highest BCUT2D eigenvalue weighted by Crippen LogP contribution is 2.59. The quantitative estimate of drug-likeness (QED) is 0.546. The van der Waals surface area contributed by atoms with Crippen LogP contribution in [-0.2, 0) is 0 Å². The van der Waals surface area contributed by atoms with E-state index in [9.17, 15) is 0 Å². The predicted molar refractivity (Wildman–Crippen MR) is 53.9 cm³/mol. The van der Waals surface area contributed by atoms with Crippen LogP contribution in [0.5, 0.6) is 0 Å². The number of rotatable bonds is 3. The molecule has 0 aliphatic heterocycles. The third-order valence-corrected chi connectivity index (χ3v) is 6.82. The van der Waals surface area contributed by atoms with E-state index < -0.39 is 7.71 Å². The van der Waals surface area contributed by atoms with Crippen molar-refractivity contribution in [3.05, 3.63) is 0 Å². The SMILES string of the molecule is CN(C)[P+](C)(N(C)C)N(C)C.[Br-]. The highest BCUT2D eigenvalue weighted by Gasteiger charge is 2.41. The van der Waals surface area contributed by atoms with E-state index in [1.165, 1.54) is 0 Å². The van der Waals surface area contributed by atoms with E-state index in [1.54, 1.807) is 0 Å². The zero-order valence-electron chi connectivity index (χ0n) is 9.17. The smallest absolute Gasteiger partial charge is 0.222 e. The van der Waals surface area contributed by atoms with Gasteiger partial charge in [0.1, 0.15) is 0 Å². The summed E-state index contributed by atoms with van der Waals surface area (Å²) in [6.45, 7) is 2.30. The molecule has 0 aromatic carbocycles. The van der Waals surface area contributed by atoms with Crippen LogP contribution in [0.25, 0.3) is 0 Å². The van der Waals surface area contributed by atoms with Crippen LogP contribution in [-0.4, -0.2) is 63.0 Å². The Bertz CT molecular complexity index is 106. The topological polar surface area (TPSA) is 9.72 Å². The second kappa shape index (κ2) is 5.51. The van der Waals surface area contributed by atoms with Gasteiger partial charge in [0.05, 0.1) is 6.66 Å². The molecule has 3 nitrogen and oxygen atoms in total. The van der Waals surface area contributed by atoms with Crippen molar-refractivity contribution in [1.29, 1.82) is 0 Å². The van der Waals surface area contributed by atoms with Gasteiger partial charge in [0.2, 0.25) is 7.71 Å². The average molecular weight is 258 g/mol. The molecule has 0 aliphatic rings. The minimum atomic E-state index is -1.19. The van der Waals surface area contributed by atoms with Gasteiger partial charge in [-0.25, -0.2) is 0 Å². The van der Waals surface area contributed by atoms with Gasteiger partial charge in [0, 0.05) is 42.3 Å². The number of hydrogen-bond acceptors (Lipinski definition) is 3. The van der Waals surface area contributed by atoms with Gasteiger partial charge in [-0.05, 0) is 0 Å². The molecular formula is C7H21BrN3P. The minimum absolute atomic E-state index is 0. The lowest BCUT2D eigenvalue weighted by atomic mass is 11.2. The van der Waals surface area contributed by atoms with E-state index in [0.717, 1.165) is 0 Å². The summed E-state index contributed by atoms with van der Waals surface area (Å²) in [7, 11) is 11.6. The van der Waals surface area contributed by atoms with Gasteiger partial charge in [0.25, 0.3) is 0 Å². The summed E-state index contributed by atoms with van der Waals surface area (Å²) < 4.78 is 6.90. The van der Waals surface area contributed by atoms with Crippen LogP contribution < -0.4 is 17.0 Å². The second-order valence-electron chi connectivity index (χ2n) is 3.41. The molecule has 0 radical (unpaired) electrons. The Morgan fingerprint density at radius 3 is 0.833 bits per heavy atom. The molecule has 0 spiro atoms. The first-order valence-electron chi connectivity index (χ1n) is 3.73. The highest BCUT2D eigenvalue weighted by atomic mass is 79.9. The van der Waals surface area contributed by atoms with Crippen LogP contribution >= 0.6 is 7.71 Å². The number of hydrogen-bond donors (Lipinski definition) is 0. The Morgan fingerprint density at radius 2 is 0.833 bits per heavy atom. The Hall–Kier alpha value is 0.790. The van der Waals surface area contributed by atoms with Gasteiger partial charge >= 0.3 is 0 Å². The van der Waals surface area contributed by atoms with E-state index in [0.29, 0.717) is 0 Å². The van der Waals surface area contributed by atoms with Gasteiger partial charge in [-0.2, -0.15) is 14.0 Å². The molecule has 0 atom stereocenters. The van der Waals surface area contributed by atoms with Crippen molar-refractivity contribution in [2.24, 2.45) is 0 Å². The summed E-state index contributed by atoms with van der Waals surface area (Å²) in [6.07, 6.45) is 0. The highest BCUT2D eigenvalue weighted by molar-refractivity contribution is 7.68. The molecule has 0 aromatic rings. The van der Waals surface area contributed by atoms with E-state index in [1.807, 2.05) is 0 Å². The molecule has 0 rings (SSSR count). The fourth-order valence-corrected chi connectivity index (χ4v) is 3.22. The maximum Gasteiger partial charge on any atom is 0.222 e. The van der Waals surface area contributed by atoms with Crippen LogP contribution in [0, 0.1) is 0 Å². The van der Waals surface area contributed by atoms with Crippen LogP contribution in [0.1, 0.15) is 0 Å². The van der Waals surface area contributed by atoms with Crippen LogP contribution in [0.3, 0.4) is 0 Å². The number of halogens is 1. The van der Waals surface area contributed by atoms with Gasteiger partial charge in [-0.1, -0.05) is 0 Å². The molecule has 0 aromatic heterocycles. The lowest BCUT2D eigenvalue weighted by molar-refractivity contribution is -0.00000274. The lowest BCUT2D eigenvalue weighted by Crippen LogP contribution is -3.00. The van der Waals surface area contributed by atoms with Crippen molar-refractivity contribution in [2.75, 3.05) is 49.0 Å². The van der Waals surface area contributed by atoms with Crippen molar-refractivity contribution in [1.82, 2.24) is 14.0 Å². The Morgan fingerprint density at radius 1 is 0.667 bits per heavy atom. The summed E-state index contributed by atoms with van der Waals surface area (Å²) in [5, 5.41) is 0. The first-order valence-corrected chi connectivity index (χ1v) is 5.82. The van der Waals surface area contributed by atoms with E-state index in [-0.39, 0.29) is 17.0 Å². The first-order chi connectivity index (χ1) is 4.83. The van der Waals surface area contributed by atoms with Gasteiger partial charge < -0.3 is 17.0 Å². The van der Waals surface area contributed by atoms with E-state index >= 15 is 0 Å². The molecule has 0 saturated heterocycles. The van der Waals surface area contributed by atoms with Gasteiger partial charge in [-0.3, -0.25) is 0 Å². The van der Waals surface area contributed by atoms with Crippen molar-refractivity contribution < 1.29 is 17.0 Å². The lowest BCUT2D eigenvalue weighted by Gasteiger charge is -2.36. The normalized spacial score (nSPS) is 12.5. The minimum Gasteiger partial charge on any atom is -1.00 e.